The zero-order valence-electron chi connectivity index (χ0n) is 18.4. The molecule has 0 saturated carbocycles. The Bertz CT molecular complexity index is 1190. The smallest absolute Gasteiger partial charge is 0.262 e. The van der Waals surface area contributed by atoms with Gasteiger partial charge in [0.2, 0.25) is 0 Å². The van der Waals surface area contributed by atoms with E-state index < -0.39 is 0 Å². The Morgan fingerprint density at radius 3 is 2.59 bits per heavy atom. The lowest BCUT2D eigenvalue weighted by atomic mass is 10.2. The molecule has 3 aromatic rings. The maximum Gasteiger partial charge on any atom is 0.262 e. The standard InChI is InChI=1S/C24H22Cl2IN3O4/c1-3-33-22-11-15(13-28-30-16-8-9-17(25)18(26)12-16)10-19(27)24(22)34-14-23(31)29-20-6-4-5-7-21(20)32-2/h4-13,30H,3,14H2,1-2H3,(H,29,31)/b28-13-. The molecule has 10 heteroatoms. The lowest BCUT2D eigenvalue weighted by Gasteiger charge is -2.15. The predicted molar refractivity (Wildman–Crippen MR) is 145 cm³/mol. The normalized spacial score (nSPS) is 10.7. The van der Waals surface area contributed by atoms with E-state index >= 15 is 0 Å². The summed E-state index contributed by atoms with van der Waals surface area (Å²) < 4.78 is 17.6. The second-order valence-electron chi connectivity index (χ2n) is 6.80. The topological polar surface area (TPSA) is 81.2 Å². The minimum Gasteiger partial charge on any atom is -0.495 e. The molecule has 3 aromatic carbocycles. The molecule has 1 amide bonds. The van der Waals surface area contributed by atoms with Crippen LogP contribution in [0.15, 0.2) is 59.7 Å². The van der Waals surface area contributed by atoms with Crippen molar-refractivity contribution in [3.63, 3.8) is 0 Å². The summed E-state index contributed by atoms with van der Waals surface area (Å²) >= 11 is 14.1. The van der Waals surface area contributed by atoms with Crippen LogP contribution in [0.5, 0.6) is 17.2 Å². The Morgan fingerprint density at radius 2 is 1.85 bits per heavy atom. The SMILES string of the molecule is CCOc1cc(/C=N\Nc2ccc(Cl)c(Cl)c2)cc(I)c1OCC(=O)Nc1ccccc1OC. The van der Waals surface area contributed by atoms with Crippen molar-refractivity contribution in [2.24, 2.45) is 5.10 Å². The number of methoxy groups -OCH3 is 1. The fourth-order valence-corrected chi connectivity index (χ4v) is 3.96. The number of carbonyl (C=O) groups excluding carboxylic acids is 1. The van der Waals surface area contributed by atoms with Crippen molar-refractivity contribution in [2.75, 3.05) is 31.1 Å². The van der Waals surface area contributed by atoms with Crippen LogP contribution in [0.4, 0.5) is 11.4 Å². The van der Waals surface area contributed by atoms with Gasteiger partial charge in [-0.1, -0.05) is 35.3 Å². The minimum atomic E-state index is -0.320. The fraction of sp³-hybridized carbons (Fsp3) is 0.167. The second-order valence-corrected chi connectivity index (χ2v) is 8.78. The molecule has 7 nitrogen and oxygen atoms in total. The maximum atomic E-state index is 12.4. The molecule has 0 bridgehead atoms. The molecular weight excluding hydrogens is 592 g/mol. The number of hydrazone groups is 1. The minimum absolute atomic E-state index is 0.194. The highest BCUT2D eigenvalue weighted by Crippen LogP contribution is 2.34. The van der Waals surface area contributed by atoms with Crippen molar-refractivity contribution < 1.29 is 19.0 Å². The number of rotatable bonds is 10. The van der Waals surface area contributed by atoms with Gasteiger partial charge in [0.1, 0.15) is 5.75 Å². The van der Waals surface area contributed by atoms with E-state index in [1.165, 1.54) is 0 Å². The van der Waals surface area contributed by atoms with Crippen LogP contribution >= 0.6 is 45.8 Å². The first-order chi connectivity index (χ1) is 16.4. The molecule has 0 atom stereocenters. The summed E-state index contributed by atoms with van der Waals surface area (Å²) in [6.45, 7) is 2.11. The molecular formula is C24H22Cl2IN3O4. The fourth-order valence-electron chi connectivity index (χ4n) is 2.88. The van der Waals surface area contributed by atoms with Gasteiger partial charge < -0.3 is 19.5 Å². The summed E-state index contributed by atoms with van der Waals surface area (Å²) in [5.41, 5.74) is 4.96. The van der Waals surface area contributed by atoms with Crippen LogP contribution in [-0.4, -0.2) is 32.4 Å². The first kappa shape index (κ1) is 25.9. The summed E-state index contributed by atoms with van der Waals surface area (Å²) in [4.78, 5) is 12.4. The Kier molecular flexibility index (Phi) is 9.67. The molecule has 0 aliphatic carbocycles. The van der Waals surface area contributed by atoms with Crippen molar-refractivity contribution in [2.45, 2.75) is 6.92 Å². The summed E-state index contributed by atoms with van der Waals surface area (Å²) in [6.07, 6.45) is 1.64. The molecule has 3 rings (SSSR count). The number of anilines is 2. The van der Waals surface area contributed by atoms with Gasteiger partial charge in [-0.2, -0.15) is 5.10 Å². The van der Waals surface area contributed by atoms with Gasteiger partial charge in [-0.25, -0.2) is 0 Å². The Hall–Kier alpha value is -2.69. The molecule has 0 radical (unpaired) electrons. The average molecular weight is 614 g/mol. The van der Waals surface area contributed by atoms with E-state index in [9.17, 15) is 4.79 Å². The number of hydrogen-bond acceptors (Lipinski definition) is 6. The predicted octanol–water partition coefficient (Wildman–Crippen LogP) is 6.47. The number of amides is 1. The van der Waals surface area contributed by atoms with Crippen molar-refractivity contribution in [3.8, 4) is 17.2 Å². The number of benzene rings is 3. The van der Waals surface area contributed by atoms with Gasteiger partial charge in [0, 0.05) is 0 Å². The molecule has 0 fully saturated rings. The Labute approximate surface area is 221 Å². The first-order valence-electron chi connectivity index (χ1n) is 10.2. The second kappa shape index (κ2) is 12.7. The molecule has 0 heterocycles. The number of nitrogens with one attached hydrogen (secondary N) is 2. The molecule has 0 unspecified atom stereocenters. The van der Waals surface area contributed by atoms with Crippen LogP contribution in [0, 0.1) is 3.57 Å². The van der Waals surface area contributed by atoms with E-state index in [1.54, 1.807) is 49.7 Å². The number of nitrogens with zero attached hydrogens (tertiary/aromatic N) is 1. The van der Waals surface area contributed by atoms with Gasteiger partial charge in [-0.15, -0.1) is 0 Å². The highest BCUT2D eigenvalue weighted by molar-refractivity contribution is 14.1. The van der Waals surface area contributed by atoms with Crippen molar-refractivity contribution in [3.05, 3.63) is 73.8 Å². The zero-order chi connectivity index (χ0) is 24.5. The van der Waals surface area contributed by atoms with Gasteiger partial charge in [-0.3, -0.25) is 10.2 Å². The summed E-state index contributed by atoms with van der Waals surface area (Å²) in [5, 5.41) is 7.93. The summed E-state index contributed by atoms with van der Waals surface area (Å²) in [7, 11) is 1.54. The van der Waals surface area contributed by atoms with Crippen LogP contribution in [-0.2, 0) is 4.79 Å². The van der Waals surface area contributed by atoms with Gasteiger partial charge in [0.05, 0.1) is 44.9 Å². The quantitative estimate of drug-likeness (QED) is 0.156. The molecule has 0 aromatic heterocycles. The van der Waals surface area contributed by atoms with Crippen LogP contribution in [0.2, 0.25) is 10.0 Å². The zero-order valence-corrected chi connectivity index (χ0v) is 22.1. The molecule has 178 valence electrons. The van der Waals surface area contributed by atoms with Crippen molar-refractivity contribution in [1.29, 1.82) is 0 Å². The van der Waals surface area contributed by atoms with Gasteiger partial charge in [-0.05, 0) is 77.5 Å². The number of carbonyl (C=O) groups is 1. The largest absolute Gasteiger partial charge is 0.495 e. The Morgan fingerprint density at radius 1 is 1.06 bits per heavy atom. The highest BCUT2D eigenvalue weighted by atomic mass is 127. The maximum absolute atomic E-state index is 12.4. The third-order valence-corrected chi connectivity index (χ3v) is 5.93. The number of hydrogen-bond donors (Lipinski definition) is 2. The van der Waals surface area contributed by atoms with E-state index in [0.717, 1.165) is 9.13 Å². The van der Waals surface area contributed by atoms with Gasteiger partial charge >= 0.3 is 0 Å². The van der Waals surface area contributed by atoms with E-state index in [-0.39, 0.29) is 12.5 Å². The molecule has 34 heavy (non-hydrogen) atoms. The Balaban J connectivity index is 1.69. The average Bonchev–Trinajstić information content (AvgIpc) is 2.81. The van der Waals surface area contributed by atoms with Crippen LogP contribution in [0.1, 0.15) is 12.5 Å². The van der Waals surface area contributed by atoms with E-state index in [1.807, 2.05) is 25.1 Å². The highest BCUT2D eigenvalue weighted by Gasteiger charge is 2.15. The van der Waals surface area contributed by atoms with Crippen LogP contribution < -0.4 is 25.0 Å². The lowest BCUT2D eigenvalue weighted by molar-refractivity contribution is -0.118. The third kappa shape index (κ3) is 7.15. The van der Waals surface area contributed by atoms with Crippen LogP contribution in [0.25, 0.3) is 0 Å². The lowest BCUT2D eigenvalue weighted by Crippen LogP contribution is -2.21. The summed E-state index contributed by atoms with van der Waals surface area (Å²) in [5.74, 6) is 1.24. The molecule has 0 spiro atoms. The van der Waals surface area contributed by atoms with E-state index in [0.29, 0.717) is 45.3 Å². The number of halogens is 3. The first-order valence-corrected chi connectivity index (χ1v) is 12.0. The van der Waals surface area contributed by atoms with Gasteiger partial charge in [0.15, 0.2) is 18.1 Å². The van der Waals surface area contributed by atoms with E-state index in [2.05, 4.69) is 38.4 Å². The monoisotopic (exact) mass is 613 g/mol. The number of ether oxygens (including phenoxy) is 3. The summed E-state index contributed by atoms with van der Waals surface area (Å²) in [6, 6.07) is 16.0. The van der Waals surface area contributed by atoms with Crippen LogP contribution in [0.3, 0.4) is 0 Å². The third-order valence-electron chi connectivity index (χ3n) is 4.39. The molecule has 0 aliphatic heterocycles. The molecule has 2 N–H and O–H groups in total. The van der Waals surface area contributed by atoms with Crippen molar-refractivity contribution >= 4 is 69.3 Å². The number of para-hydroxylation sites is 2. The van der Waals surface area contributed by atoms with Crippen molar-refractivity contribution in [1.82, 2.24) is 0 Å². The van der Waals surface area contributed by atoms with E-state index in [4.69, 9.17) is 37.4 Å². The molecule has 0 saturated heterocycles. The van der Waals surface area contributed by atoms with Gasteiger partial charge in [0.25, 0.3) is 5.91 Å². The molecule has 0 aliphatic rings.